The molecule has 0 saturated carbocycles. The monoisotopic (exact) mass is 182 g/mol. The van der Waals surface area contributed by atoms with Gasteiger partial charge in [-0.1, -0.05) is 0 Å². The minimum Gasteiger partial charge on any atom is -0.465 e. The fourth-order valence-corrected chi connectivity index (χ4v) is 1.56. The number of amides is 1. The summed E-state index contributed by atoms with van der Waals surface area (Å²) >= 11 is 0. The van der Waals surface area contributed by atoms with Crippen molar-refractivity contribution in [3.05, 3.63) is 11.3 Å². The van der Waals surface area contributed by atoms with E-state index in [2.05, 4.69) is 5.10 Å². The second-order valence-electron chi connectivity index (χ2n) is 3.07. The summed E-state index contributed by atoms with van der Waals surface area (Å²) in [6, 6.07) is 0. The maximum absolute atomic E-state index is 10.6. The first-order valence-electron chi connectivity index (χ1n) is 3.87. The number of carbonyl (C=O) groups is 1. The van der Waals surface area contributed by atoms with Crippen LogP contribution in [-0.4, -0.2) is 25.9 Å². The van der Waals surface area contributed by atoms with Crippen molar-refractivity contribution in [3.8, 4) is 0 Å². The van der Waals surface area contributed by atoms with Crippen LogP contribution >= 0.6 is 0 Å². The fraction of sp³-hybridized carbons (Fsp3) is 0.429. The molecular weight excluding hydrogens is 172 g/mol. The van der Waals surface area contributed by atoms with Gasteiger partial charge in [0.05, 0.1) is 18.8 Å². The topological polar surface area (TPSA) is 84.4 Å². The van der Waals surface area contributed by atoms with Crippen molar-refractivity contribution in [2.24, 2.45) is 7.05 Å². The van der Waals surface area contributed by atoms with Crippen LogP contribution < -0.4 is 5.73 Å². The zero-order valence-corrected chi connectivity index (χ0v) is 7.19. The maximum atomic E-state index is 10.6. The van der Waals surface area contributed by atoms with E-state index in [1.54, 1.807) is 11.7 Å². The van der Waals surface area contributed by atoms with Gasteiger partial charge in [-0.15, -0.1) is 0 Å². The van der Waals surface area contributed by atoms with E-state index in [1.165, 1.54) is 4.90 Å². The van der Waals surface area contributed by atoms with Gasteiger partial charge in [-0.3, -0.25) is 9.58 Å². The molecule has 2 rings (SSSR count). The standard InChI is InChI=1S/C7H10N4O2/c1-10-5-3-11(7(12)13)2-4(5)6(8)9-10/h2-3H2,1H3,(H2,8,9)(H,12,13). The molecule has 0 unspecified atom stereocenters. The number of hydrogen-bond acceptors (Lipinski definition) is 3. The van der Waals surface area contributed by atoms with Crippen LogP contribution in [0.25, 0.3) is 0 Å². The lowest BCUT2D eigenvalue weighted by atomic mass is 10.3. The number of nitrogen functional groups attached to an aromatic ring is 1. The highest BCUT2D eigenvalue weighted by Crippen LogP contribution is 2.26. The van der Waals surface area contributed by atoms with Crippen LogP contribution in [0.3, 0.4) is 0 Å². The van der Waals surface area contributed by atoms with E-state index >= 15 is 0 Å². The predicted molar refractivity (Wildman–Crippen MR) is 44.9 cm³/mol. The molecule has 0 aromatic carbocycles. The van der Waals surface area contributed by atoms with Gasteiger partial charge in [0.25, 0.3) is 0 Å². The predicted octanol–water partition coefficient (Wildman–Crippen LogP) is -0.00410. The number of carboxylic acid groups (broad SMARTS) is 1. The SMILES string of the molecule is Cn1nc(N)c2c1CN(C(=O)O)C2. The third kappa shape index (κ3) is 1.02. The molecule has 3 N–H and O–H groups in total. The second kappa shape index (κ2) is 2.38. The van der Waals surface area contributed by atoms with E-state index in [0.717, 1.165) is 11.3 Å². The number of rotatable bonds is 0. The molecule has 1 aromatic heterocycles. The molecule has 0 atom stereocenters. The Balaban J connectivity index is 2.36. The Bertz CT molecular complexity index is 344. The summed E-state index contributed by atoms with van der Waals surface area (Å²) in [5.41, 5.74) is 7.33. The van der Waals surface area contributed by atoms with Crippen LogP contribution in [0.15, 0.2) is 0 Å². The highest BCUT2D eigenvalue weighted by atomic mass is 16.4. The molecule has 0 saturated heterocycles. The number of anilines is 1. The van der Waals surface area contributed by atoms with Gasteiger partial charge in [0.15, 0.2) is 5.82 Å². The molecule has 0 radical (unpaired) electrons. The van der Waals surface area contributed by atoms with Gasteiger partial charge < -0.3 is 10.8 Å². The third-order valence-corrected chi connectivity index (χ3v) is 2.27. The molecule has 1 amide bonds. The number of aryl methyl sites for hydroxylation is 1. The third-order valence-electron chi connectivity index (χ3n) is 2.27. The van der Waals surface area contributed by atoms with E-state index in [1.807, 2.05) is 0 Å². The summed E-state index contributed by atoms with van der Waals surface area (Å²) < 4.78 is 1.63. The fourth-order valence-electron chi connectivity index (χ4n) is 1.56. The summed E-state index contributed by atoms with van der Waals surface area (Å²) in [7, 11) is 1.76. The molecule has 0 spiro atoms. The number of hydrogen-bond donors (Lipinski definition) is 2. The Morgan fingerprint density at radius 1 is 1.62 bits per heavy atom. The van der Waals surface area contributed by atoms with Crippen molar-refractivity contribution in [2.75, 3.05) is 5.73 Å². The highest BCUT2D eigenvalue weighted by Gasteiger charge is 2.28. The lowest BCUT2D eigenvalue weighted by Crippen LogP contribution is -2.24. The Labute approximate surface area is 74.5 Å². The summed E-state index contributed by atoms with van der Waals surface area (Å²) in [4.78, 5) is 12.0. The minimum atomic E-state index is -0.921. The molecule has 70 valence electrons. The molecule has 6 nitrogen and oxygen atoms in total. The first-order chi connectivity index (χ1) is 6.09. The molecule has 1 aromatic rings. The van der Waals surface area contributed by atoms with E-state index < -0.39 is 6.09 Å². The molecule has 13 heavy (non-hydrogen) atoms. The van der Waals surface area contributed by atoms with Crippen molar-refractivity contribution in [2.45, 2.75) is 13.1 Å². The lowest BCUT2D eigenvalue weighted by molar-refractivity contribution is 0.144. The number of fused-ring (bicyclic) bond motifs is 1. The molecule has 2 heterocycles. The zero-order chi connectivity index (χ0) is 9.59. The van der Waals surface area contributed by atoms with Crippen molar-refractivity contribution < 1.29 is 9.90 Å². The Kier molecular flexibility index (Phi) is 1.45. The average Bonchev–Trinajstić information content (AvgIpc) is 2.55. The van der Waals surface area contributed by atoms with Crippen LogP contribution in [0.4, 0.5) is 10.6 Å². The number of nitrogens with two attached hydrogens (primary N) is 1. The molecule has 0 fully saturated rings. The normalized spacial score (nSPS) is 14.7. The van der Waals surface area contributed by atoms with Crippen molar-refractivity contribution in [3.63, 3.8) is 0 Å². The Hall–Kier alpha value is -1.72. The molecule has 1 aliphatic heterocycles. The van der Waals surface area contributed by atoms with Gasteiger partial charge in [-0.25, -0.2) is 4.79 Å². The first-order valence-corrected chi connectivity index (χ1v) is 3.87. The van der Waals surface area contributed by atoms with E-state index in [-0.39, 0.29) is 0 Å². The van der Waals surface area contributed by atoms with Gasteiger partial charge >= 0.3 is 6.09 Å². The van der Waals surface area contributed by atoms with Crippen LogP contribution in [0.2, 0.25) is 0 Å². The van der Waals surface area contributed by atoms with Crippen molar-refractivity contribution >= 4 is 11.9 Å². The average molecular weight is 182 g/mol. The van der Waals surface area contributed by atoms with E-state index in [0.29, 0.717) is 18.9 Å². The summed E-state index contributed by atoms with van der Waals surface area (Å²) in [6.07, 6.45) is -0.921. The second-order valence-corrected chi connectivity index (χ2v) is 3.07. The van der Waals surface area contributed by atoms with E-state index in [4.69, 9.17) is 10.8 Å². The van der Waals surface area contributed by atoms with Gasteiger partial charge in [0.1, 0.15) is 0 Å². The van der Waals surface area contributed by atoms with Gasteiger partial charge in [-0.05, 0) is 0 Å². The molecule has 0 bridgehead atoms. The first kappa shape index (κ1) is 7.90. The van der Waals surface area contributed by atoms with Crippen LogP contribution in [0, 0.1) is 0 Å². The van der Waals surface area contributed by atoms with Crippen molar-refractivity contribution in [1.82, 2.24) is 14.7 Å². The Morgan fingerprint density at radius 2 is 2.31 bits per heavy atom. The van der Waals surface area contributed by atoms with Crippen LogP contribution in [0.5, 0.6) is 0 Å². The summed E-state index contributed by atoms with van der Waals surface area (Å²) in [6.45, 7) is 0.732. The summed E-state index contributed by atoms with van der Waals surface area (Å²) in [5, 5.41) is 12.7. The number of nitrogens with zero attached hydrogens (tertiary/aromatic N) is 3. The van der Waals surface area contributed by atoms with Crippen molar-refractivity contribution in [1.29, 1.82) is 0 Å². The van der Waals surface area contributed by atoms with Gasteiger partial charge in [0, 0.05) is 12.6 Å². The molecule has 0 aliphatic carbocycles. The highest BCUT2D eigenvalue weighted by molar-refractivity contribution is 5.67. The largest absolute Gasteiger partial charge is 0.465 e. The van der Waals surface area contributed by atoms with Gasteiger partial charge in [0.2, 0.25) is 0 Å². The minimum absolute atomic E-state index is 0.352. The summed E-state index contributed by atoms with van der Waals surface area (Å²) in [5.74, 6) is 0.432. The van der Waals surface area contributed by atoms with Crippen LogP contribution in [0.1, 0.15) is 11.3 Å². The molecule has 6 heteroatoms. The molecule has 1 aliphatic rings. The zero-order valence-electron chi connectivity index (χ0n) is 7.19. The smallest absolute Gasteiger partial charge is 0.407 e. The van der Waals surface area contributed by atoms with Gasteiger partial charge in [-0.2, -0.15) is 5.10 Å². The number of aromatic nitrogens is 2. The Morgan fingerprint density at radius 3 is 2.85 bits per heavy atom. The quantitative estimate of drug-likeness (QED) is 0.591. The van der Waals surface area contributed by atoms with Crippen LogP contribution in [-0.2, 0) is 20.1 Å². The molecular formula is C7H10N4O2. The van der Waals surface area contributed by atoms with E-state index in [9.17, 15) is 4.79 Å². The lowest BCUT2D eigenvalue weighted by Gasteiger charge is -2.10. The maximum Gasteiger partial charge on any atom is 0.407 e.